The second-order valence-corrected chi connectivity index (χ2v) is 6.18. The van der Waals surface area contributed by atoms with Crippen LogP contribution in [-0.4, -0.2) is 29.1 Å². The van der Waals surface area contributed by atoms with Crippen LogP contribution in [-0.2, 0) is 5.54 Å². The Morgan fingerprint density at radius 1 is 1.30 bits per heavy atom. The van der Waals surface area contributed by atoms with E-state index in [1.165, 1.54) is 0 Å². The Balaban J connectivity index is 2.14. The molecule has 0 bridgehead atoms. The van der Waals surface area contributed by atoms with Gasteiger partial charge in [0.25, 0.3) is 0 Å². The van der Waals surface area contributed by atoms with Gasteiger partial charge in [-0.25, -0.2) is 9.97 Å². The predicted octanol–water partition coefficient (Wildman–Crippen LogP) is 1.86. The lowest BCUT2D eigenvalue weighted by Crippen LogP contribution is -2.51. The van der Waals surface area contributed by atoms with Crippen molar-refractivity contribution in [3.63, 3.8) is 0 Å². The highest BCUT2D eigenvalue weighted by molar-refractivity contribution is 6.30. The van der Waals surface area contributed by atoms with Gasteiger partial charge in [0, 0.05) is 36.4 Å². The SMILES string of the molecule is CC(C)(N)c1cnc(NC2CNC2)c2cnc(Cl)cc12. The molecule has 0 radical (unpaired) electrons. The standard InChI is InChI=1S/C14H18ClN5/c1-14(2,16)11-7-19-13(20-8-4-17-5-8)10-6-18-12(15)3-9(10)11/h3,6-8,17H,4-5,16H2,1-2H3,(H,19,20). The van der Waals surface area contributed by atoms with Gasteiger partial charge in [-0.2, -0.15) is 0 Å². The molecule has 0 aromatic carbocycles. The lowest BCUT2D eigenvalue weighted by atomic mass is 9.93. The number of nitrogens with one attached hydrogen (secondary N) is 2. The van der Waals surface area contributed by atoms with Gasteiger partial charge < -0.3 is 16.4 Å². The fourth-order valence-corrected chi connectivity index (χ4v) is 2.48. The Morgan fingerprint density at radius 3 is 2.65 bits per heavy atom. The van der Waals surface area contributed by atoms with Gasteiger partial charge >= 0.3 is 0 Å². The van der Waals surface area contributed by atoms with Crippen LogP contribution in [0.4, 0.5) is 5.82 Å². The molecule has 6 heteroatoms. The summed E-state index contributed by atoms with van der Waals surface area (Å²) >= 11 is 6.03. The summed E-state index contributed by atoms with van der Waals surface area (Å²) in [5.41, 5.74) is 6.71. The van der Waals surface area contributed by atoms with Crippen molar-refractivity contribution >= 4 is 28.2 Å². The predicted molar refractivity (Wildman–Crippen MR) is 82.0 cm³/mol. The van der Waals surface area contributed by atoms with E-state index in [1.54, 1.807) is 6.20 Å². The summed E-state index contributed by atoms with van der Waals surface area (Å²) in [6.45, 7) is 5.82. The lowest BCUT2D eigenvalue weighted by Gasteiger charge is -2.29. The third-order valence-electron chi connectivity index (χ3n) is 3.56. The van der Waals surface area contributed by atoms with Crippen molar-refractivity contribution in [1.82, 2.24) is 15.3 Å². The molecule has 5 nitrogen and oxygen atoms in total. The van der Waals surface area contributed by atoms with E-state index in [4.69, 9.17) is 17.3 Å². The van der Waals surface area contributed by atoms with Gasteiger partial charge in [0.05, 0.1) is 6.04 Å². The van der Waals surface area contributed by atoms with Crippen LogP contribution in [0.5, 0.6) is 0 Å². The molecule has 4 N–H and O–H groups in total. The Kier molecular flexibility index (Phi) is 3.28. The number of pyridine rings is 2. The number of halogens is 1. The minimum Gasteiger partial charge on any atom is -0.364 e. The van der Waals surface area contributed by atoms with Crippen LogP contribution in [0.15, 0.2) is 18.5 Å². The number of hydrogen-bond donors (Lipinski definition) is 3. The first-order valence-electron chi connectivity index (χ1n) is 6.66. The van der Waals surface area contributed by atoms with Crippen LogP contribution in [0.25, 0.3) is 10.8 Å². The van der Waals surface area contributed by atoms with Crippen molar-refractivity contribution in [1.29, 1.82) is 0 Å². The largest absolute Gasteiger partial charge is 0.364 e. The first kappa shape index (κ1) is 13.5. The van der Waals surface area contributed by atoms with Crippen LogP contribution < -0.4 is 16.4 Å². The number of fused-ring (bicyclic) bond motifs is 1. The number of nitrogens with zero attached hydrogens (tertiary/aromatic N) is 2. The second kappa shape index (κ2) is 4.84. The van der Waals surface area contributed by atoms with Crippen LogP contribution in [0.2, 0.25) is 5.15 Å². The molecule has 2 aromatic rings. The van der Waals surface area contributed by atoms with E-state index in [2.05, 4.69) is 20.6 Å². The molecule has 106 valence electrons. The fourth-order valence-electron chi connectivity index (χ4n) is 2.32. The zero-order valence-corrected chi connectivity index (χ0v) is 12.3. The van der Waals surface area contributed by atoms with E-state index in [1.807, 2.05) is 26.1 Å². The smallest absolute Gasteiger partial charge is 0.135 e. The summed E-state index contributed by atoms with van der Waals surface area (Å²) in [6, 6.07) is 2.27. The molecule has 0 saturated carbocycles. The molecule has 0 aliphatic carbocycles. The number of nitrogens with two attached hydrogens (primary N) is 1. The van der Waals surface area contributed by atoms with Gasteiger partial charge in [-0.1, -0.05) is 11.6 Å². The summed E-state index contributed by atoms with van der Waals surface area (Å²) in [5.74, 6) is 0.837. The monoisotopic (exact) mass is 291 g/mol. The van der Waals surface area contributed by atoms with Gasteiger partial charge in [-0.05, 0) is 30.9 Å². The Morgan fingerprint density at radius 2 is 2.05 bits per heavy atom. The van der Waals surface area contributed by atoms with Crippen molar-refractivity contribution in [2.75, 3.05) is 18.4 Å². The van der Waals surface area contributed by atoms with E-state index in [9.17, 15) is 0 Å². The number of aromatic nitrogens is 2. The van der Waals surface area contributed by atoms with Crippen LogP contribution >= 0.6 is 11.6 Å². The molecular formula is C14H18ClN5. The third kappa shape index (κ3) is 2.44. The third-order valence-corrected chi connectivity index (χ3v) is 3.76. The summed E-state index contributed by atoms with van der Waals surface area (Å²) < 4.78 is 0. The van der Waals surface area contributed by atoms with Gasteiger partial charge in [-0.15, -0.1) is 0 Å². The topological polar surface area (TPSA) is 75.9 Å². The first-order valence-corrected chi connectivity index (χ1v) is 7.04. The van der Waals surface area contributed by atoms with Gasteiger partial charge in [0.15, 0.2) is 0 Å². The molecule has 1 fully saturated rings. The molecule has 3 rings (SSSR count). The Labute approximate surface area is 122 Å². The molecule has 0 atom stereocenters. The minimum atomic E-state index is -0.480. The van der Waals surface area contributed by atoms with Crippen molar-refractivity contribution in [2.45, 2.75) is 25.4 Å². The van der Waals surface area contributed by atoms with E-state index >= 15 is 0 Å². The number of hydrogen-bond acceptors (Lipinski definition) is 5. The van der Waals surface area contributed by atoms with Gasteiger partial charge in [-0.3, -0.25) is 0 Å². The maximum atomic E-state index is 6.23. The van der Waals surface area contributed by atoms with Crippen molar-refractivity contribution in [2.24, 2.45) is 5.73 Å². The van der Waals surface area contributed by atoms with E-state index < -0.39 is 5.54 Å². The quantitative estimate of drug-likeness (QED) is 0.753. The molecule has 3 heterocycles. The molecule has 20 heavy (non-hydrogen) atoms. The molecule has 1 aliphatic rings. The van der Waals surface area contributed by atoms with E-state index in [0.717, 1.165) is 35.2 Å². The summed E-state index contributed by atoms with van der Waals surface area (Å²) in [5, 5.41) is 9.07. The van der Waals surface area contributed by atoms with Crippen molar-refractivity contribution < 1.29 is 0 Å². The Bertz CT molecular complexity index is 646. The molecule has 1 saturated heterocycles. The summed E-state index contributed by atoms with van der Waals surface area (Å²) in [6.07, 6.45) is 3.58. The molecule has 2 aromatic heterocycles. The maximum Gasteiger partial charge on any atom is 0.135 e. The van der Waals surface area contributed by atoms with Gasteiger partial charge in [0.1, 0.15) is 11.0 Å². The highest BCUT2D eigenvalue weighted by atomic mass is 35.5. The molecule has 1 aliphatic heterocycles. The highest BCUT2D eigenvalue weighted by Gasteiger charge is 2.22. The minimum absolute atomic E-state index is 0.415. The molecule has 0 amide bonds. The molecular weight excluding hydrogens is 274 g/mol. The van der Waals surface area contributed by atoms with Crippen LogP contribution in [0, 0.1) is 0 Å². The second-order valence-electron chi connectivity index (χ2n) is 5.79. The molecule has 0 spiro atoms. The van der Waals surface area contributed by atoms with Crippen molar-refractivity contribution in [3.8, 4) is 0 Å². The number of anilines is 1. The van der Waals surface area contributed by atoms with Crippen LogP contribution in [0.3, 0.4) is 0 Å². The summed E-state index contributed by atoms with van der Waals surface area (Å²) in [7, 11) is 0. The summed E-state index contributed by atoms with van der Waals surface area (Å²) in [4.78, 5) is 8.69. The maximum absolute atomic E-state index is 6.23. The van der Waals surface area contributed by atoms with E-state index in [0.29, 0.717) is 11.2 Å². The van der Waals surface area contributed by atoms with E-state index in [-0.39, 0.29) is 0 Å². The Hall–Kier alpha value is -1.43. The fraction of sp³-hybridized carbons (Fsp3) is 0.429. The average Bonchev–Trinajstić information content (AvgIpc) is 2.31. The number of rotatable bonds is 3. The van der Waals surface area contributed by atoms with Crippen LogP contribution in [0.1, 0.15) is 19.4 Å². The lowest BCUT2D eigenvalue weighted by molar-refractivity contribution is 0.471. The zero-order chi connectivity index (χ0) is 14.3. The van der Waals surface area contributed by atoms with Crippen molar-refractivity contribution in [3.05, 3.63) is 29.2 Å². The average molecular weight is 292 g/mol. The van der Waals surface area contributed by atoms with Gasteiger partial charge in [0.2, 0.25) is 0 Å². The molecule has 0 unspecified atom stereocenters. The highest BCUT2D eigenvalue weighted by Crippen LogP contribution is 2.31. The normalized spacial score (nSPS) is 16.2. The first-order chi connectivity index (χ1) is 9.45. The zero-order valence-electron chi connectivity index (χ0n) is 11.6.